The Hall–Kier alpha value is -2.51. The SMILES string of the molecule is CC(Oc1ccc(C#N)cc1)C(=O)NC(C)c1ccccc1Cl. The van der Waals surface area contributed by atoms with Crippen LogP contribution < -0.4 is 10.1 Å². The largest absolute Gasteiger partial charge is 0.481 e. The molecule has 0 saturated carbocycles. The van der Waals surface area contributed by atoms with Gasteiger partial charge in [0.2, 0.25) is 0 Å². The van der Waals surface area contributed by atoms with Gasteiger partial charge in [0.05, 0.1) is 17.7 Å². The summed E-state index contributed by atoms with van der Waals surface area (Å²) in [7, 11) is 0. The van der Waals surface area contributed by atoms with E-state index in [0.717, 1.165) is 5.56 Å². The lowest BCUT2D eigenvalue weighted by molar-refractivity contribution is -0.127. The molecule has 1 N–H and O–H groups in total. The summed E-state index contributed by atoms with van der Waals surface area (Å²) in [5.41, 5.74) is 1.40. The average molecular weight is 329 g/mol. The third-order valence-corrected chi connectivity index (χ3v) is 3.74. The maximum Gasteiger partial charge on any atom is 0.261 e. The molecule has 5 heteroatoms. The number of halogens is 1. The second kappa shape index (κ2) is 7.66. The molecule has 0 aliphatic carbocycles. The smallest absolute Gasteiger partial charge is 0.261 e. The van der Waals surface area contributed by atoms with Gasteiger partial charge in [0, 0.05) is 5.02 Å². The Kier molecular flexibility index (Phi) is 5.61. The molecule has 0 bridgehead atoms. The fourth-order valence-electron chi connectivity index (χ4n) is 2.10. The predicted octanol–water partition coefficient (Wildman–Crippen LogP) is 3.86. The zero-order chi connectivity index (χ0) is 16.8. The molecule has 0 aromatic heterocycles. The molecule has 0 heterocycles. The third-order valence-electron chi connectivity index (χ3n) is 3.40. The van der Waals surface area contributed by atoms with Crippen molar-refractivity contribution < 1.29 is 9.53 Å². The van der Waals surface area contributed by atoms with Crippen molar-refractivity contribution in [1.82, 2.24) is 5.32 Å². The Morgan fingerprint density at radius 1 is 1.17 bits per heavy atom. The number of amides is 1. The van der Waals surface area contributed by atoms with Gasteiger partial charge in [0.25, 0.3) is 5.91 Å². The van der Waals surface area contributed by atoms with Gasteiger partial charge in [-0.2, -0.15) is 5.26 Å². The van der Waals surface area contributed by atoms with Gasteiger partial charge in [-0.05, 0) is 49.7 Å². The van der Waals surface area contributed by atoms with Crippen molar-refractivity contribution in [2.75, 3.05) is 0 Å². The molecule has 2 aromatic carbocycles. The molecule has 1 amide bonds. The molecule has 2 unspecified atom stereocenters. The van der Waals surface area contributed by atoms with E-state index in [-0.39, 0.29) is 11.9 Å². The fourth-order valence-corrected chi connectivity index (χ4v) is 2.40. The van der Waals surface area contributed by atoms with Crippen LogP contribution in [0, 0.1) is 11.3 Å². The zero-order valence-electron chi connectivity index (χ0n) is 12.9. The lowest BCUT2D eigenvalue weighted by Gasteiger charge is -2.19. The number of carbonyl (C=O) groups excluding carboxylic acids is 1. The van der Waals surface area contributed by atoms with Crippen LogP contribution in [-0.4, -0.2) is 12.0 Å². The van der Waals surface area contributed by atoms with Crippen molar-refractivity contribution in [2.45, 2.75) is 26.0 Å². The minimum Gasteiger partial charge on any atom is -0.481 e. The van der Waals surface area contributed by atoms with Crippen molar-refractivity contribution in [1.29, 1.82) is 5.26 Å². The van der Waals surface area contributed by atoms with E-state index in [9.17, 15) is 4.79 Å². The number of rotatable bonds is 5. The summed E-state index contributed by atoms with van der Waals surface area (Å²) in [6.07, 6.45) is -0.659. The van der Waals surface area contributed by atoms with E-state index in [1.54, 1.807) is 37.3 Å². The number of nitrogens with zero attached hydrogens (tertiary/aromatic N) is 1. The summed E-state index contributed by atoms with van der Waals surface area (Å²) in [6.45, 7) is 3.54. The molecule has 0 radical (unpaired) electrons. The molecule has 2 atom stereocenters. The van der Waals surface area contributed by atoms with E-state index in [1.807, 2.05) is 31.2 Å². The van der Waals surface area contributed by atoms with Crippen molar-refractivity contribution >= 4 is 17.5 Å². The molecular formula is C18H17ClN2O2. The quantitative estimate of drug-likeness (QED) is 0.906. The second-order valence-electron chi connectivity index (χ2n) is 5.15. The van der Waals surface area contributed by atoms with Crippen LogP contribution in [0.2, 0.25) is 5.02 Å². The highest BCUT2D eigenvalue weighted by Crippen LogP contribution is 2.22. The first kappa shape index (κ1) is 16.9. The molecule has 118 valence electrons. The van der Waals surface area contributed by atoms with Gasteiger partial charge in [0.15, 0.2) is 6.10 Å². The van der Waals surface area contributed by atoms with E-state index in [0.29, 0.717) is 16.3 Å². The Labute approximate surface area is 140 Å². The number of nitriles is 1. The van der Waals surface area contributed by atoms with E-state index >= 15 is 0 Å². The highest BCUT2D eigenvalue weighted by Gasteiger charge is 2.18. The van der Waals surface area contributed by atoms with Crippen LogP contribution in [-0.2, 0) is 4.79 Å². The van der Waals surface area contributed by atoms with Crippen LogP contribution in [0.1, 0.15) is 31.0 Å². The minimum absolute atomic E-state index is 0.219. The maximum absolute atomic E-state index is 12.2. The second-order valence-corrected chi connectivity index (χ2v) is 5.56. The van der Waals surface area contributed by atoms with E-state index in [1.165, 1.54) is 0 Å². The van der Waals surface area contributed by atoms with Crippen molar-refractivity contribution in [2.24, 2.45) is 0 Å². The van der Waals surface area contributed by atoms with Crippen LogP contribution in [0.25, 0.3) is 0 Å². The Balaban J connectivity index is 1.97. The number of ether oxygens (including phenoxy) is 1. The molecule has 0 aliphatic rings. The Morgan fingerprint density at radius 3 is 2.43 bits per heavy atom. The number of hydrogen-bond acceptors (Lipinski definition) is 3. The normalized spacial score (nSPS) is 12.8. The molecule has 0 fully saturated rings. The summed E-state index contributed by atoms with van der Waals surface area (Å²) in [4.78, 5) is 12.2. The number of benzene rings is 2. The number of nitrogens with one attached hydrogen (secondary N) is 1. The van der Waals surface area contributed by atoms with Crippen molar-refractivity contribution in [3.63, 3.8) is 0 Å². The van der Waals surface area contributed by atoms with Gasteiger partial charge in [-0.1, -0.05) is 29.8 Å². The summed E-state index contributed by atoms with van der Waals surface area (Å²) >= 11 is 6.13. The molecule has 2 rings (SSSR count). The van der Waals surface area contributed by atoms with Gasteiger partial charge in [-0.25, -0.2) is 0 Å². The highest BCUT2D eigenvalue weighted by molar-refractivity contribution is 6.31. The number of carbonyl (C=O) groups is 1. The van der Waals surface area contributed by atoms with Crippen LogP contribution in [0.3, 0.4) is 0 Å². The van der Waals surface area contributed by atoms with E-state index < -0.39 is 6.10 Å². The molecule has 0 spiro atoms. The van der Waals surface area contributed by atoms with Gasteiger partial charge in [0.1, 0.15) is 5.75 Å². The van der Waals surface area contributed by atoms with Gasteiger partial charge >= 0.3 is 0 Å². The monoisotopic (exact) mass is 328 g/mol. The summed E-state index contributed by atoms with van der Waals surface area (Å²) in [6, 6.07) is 15.8. The highest BCUT2D eigenvalue weighted by atomic mass is 35.5. The van der Waals surface area contributed by atoms with Gasteiger partial charge in [-0.3, -0.25) is 4.79 Å². The molecule has 0 saturated heterocycles. The predicted molar refractivity (Wildman–Crippen MR) is 89.3 cm³/mol. The molecule has 0 aliphatic heterocycles. The van der Waals surface area contributed by atoms with Crippen LogP contribution in [0.4, 0.5) is 0 Å². The molecule has 4 nitrogen and oxygen atoms in total. The maximum atomic E-state index is 12.2. The first-order chi connectivity index (χ1) is 11.0. The lowest BCUT2D eigenvalue weighted by Crippen LogP contribution is -2.37. The van der Waals surface area contributed by atoms with Crippen molar-refractivity contribution in [3.8, 4) is 11.8 Å². The van der Waals surface area contributed by atoms with Gasteiger partial charge < -0.3 is 10.1 Å². The van der Waals surface area contributed by atoms with Crippen molar-refractivity contribution in [3.05, 3.63) is 64.7 Å². The first-order valence-electron chi connectivity index (χ1n) is 7.23. The standard InChI is InChI=1S/C18H17ClN2O2/c1-12(16-5-3-4-6-17(16)19)21-18(22)13(2)23-15-9-7-14(11-20)8-10-15/h3-10,12-13H,1-2H3,(H,21,22). The fraction of sp³-hybridized carbons (Fsp3) is 0.222. The average Bonchev–Trinajstić information content (AvgIpc) is 2.55. The van der Waals surface area contributed by atoms with E-state index in [2.05, 4.69) is 5.32 Å². The lowest BCUT2D eigenvalue weighted by atomic mass is 10.1. The summed E-state index contributed by atoms with van der Waals surface area (Å²) < 4.78 is 5.59. The van der Waals surface area contributed by atoms with Crippen LogP contribution in [0.15, 0.2) is 48.5 Å². The minimum atomic E-state index is -0.659. The third kappa shape index (κ3) is 4.48. The van der Waals surface area contributed by atoms with Crippen LogP contribution in [0.5, 0.6) is 5.75 Å². The molecule has 2 aromatic rings. The Morgan fingerprint density at radius 2 is 1.83 bits per heavy atom. The summed E-state index contributed by atoms with van der Waals surface area (Å²) in [5.74, 6) is 0.304. The van der Waals surface area contributed by atoms with Crippen LogP contribution >= 0.6 is 11.6 Å². The molecular weight excluding hydrogens is 312 g/mol. The van der Waals surface area contributed by atoms with Gasteiger partial charge in [-0.15, -0.1) is 0 Å². The first-order valence-corrected chi connectivity index (χ1v) is 7.60. The zero-order valence-corrected chi connectivity index (χ0v) is 13.7. The molecule has 23 heavy (non-hydrogen) atoms. The summed E-state index contributed by atoms with van der Waals surface area (Å²) in [5, 5.41) is 12.3. The number of hydrogen-bond donors (Lipinski definition) is 1. The van der Waals surface area contributed by atoms with E-state index in [4.69, 9.17) is 21.6 Å². The topological polar surface area (TPSA) is 62.1 Å². The Bertz CT molecular complexity index is 723.